The Bertz CT molecular complexity index is 1390. The van der Waals surface area contributed by atoms with Crippen LogP contribution in [0, 0.1) is 0 Å². The molecule has 3 heterocycles. The summed E-state index contributed by atoms with van der Waals surface area (Å²) in [6, 6.07) is 7.45. The molecule has 0 N–H and O–H groups in total. The highest BCUT2D eigenvalue weighted by Gasteiger charge is 2.30. The van der Waals surface area contributed by atoms with Gasteiger partial charge in [-0.2, -0.15) is 0 Å². The van der Waals surface area contributed by atoms with Gasteiger partial charge in [0.05, 0.1) is 26.7 Å². The lowest BCUT2D eigenvalue weighted by atomic mass is 9.98. The number of rotatable bonds is 5. The molecule has 1 aliphatic heterocycles. The molecule has 0 saturated heterocycles. The largest absolute Gasteiger partial charge is 0.496 e. The quantitative estimate of drug-likeness (QED) is 0.364. The van der Waals surface area contributed by atoms with Crippen LogP contribution in [0.1, 0.15) is 12.5 Å². The molecule has 2 aromatic carbocycles. The maximum atomic E-state index is 6.37. The summed E-state index contributed by atoms with van der Waals surface area (Å²) >= 11 is 6.37. The first kappa shape index (κ1) is 20.5. The standard InChI is InChI=1S/C24H21ClN2O5/c1-11(2)16-9-14-15(31-16)7-6-12(22(14)30-5)21-20-13-8-18(28-3)19(29-4)10-17(13)32-23(20)24(25)27-26-21/h6-8,10,16H,1,9H2,2-5H3/t16-/m1/s1. The van der Waals surface area contributed by atoms with Gasteiger partial charge < -0.3 is 23.4 Å². The number of halogens is 1. The van der Waals surface area contributed by atoms with Crippen molar-refractivity contribution in [3.63, 3.8) is 0 Å². The van der Waals surface area contributed by atoms with E-state index in [1.54, 1.807) is 27.4 Å². The summed E-state index contributed by atoms with van der Waals surface area (Å²) in [5.41, 5.74) is 4.30. The average Bonchev–Trinajstić information content (AvgIpc) is 3.40. The summed E-state index contributed by atoms with van der Waals surface area (Å²) in [6.45, 7) is 5.98. The third-order valence-electron chi connectivity index (χ3n) is 5.74. The Balaban J connectivity index is 1.80. The van der Waals surface area contributed by atoms with Gasteiger partial charge in [0.2, 0.25) is 0 Å². The minimum absolute atomic E-state index is 0.0862. The second-order valence-electron chi connectivity index (χ2n) is 7.63. The fourth-order valence-corrected chi connectivity index (χ4v) is 4.34. The number of furan rings is 1. The van der Waals surface area contributed by atoms with Gasteiger partial charge in [0.1, 0.15) is 28.9 Å². The Morgan fingerprint density at radius 1 is 1.09 bits per heavy atom. The van der Waals surface area contributed by atoms with Crippen molar-refractivity contribution in [3.05, 3.63) is 47.1 Å². The lowest BCUT2D eigenvalue weighted by molar-refractivity contribution is 0.271. The number of aromatic nitrogens is 2. The van der Waals surface area contributed by atoms with Crippen molar-refractivity contribution in [1.29, 1.82) is 0 Å². The van der Waals surface area contributed by atoms with Crippen LogP contribution in [0.3, 0.4) is 0 Å². The summed E-state index contributed by atoms with van der Waals surface area (Å²) in [7, 11) is 4.79. The molecule has 5 rings (SSSR count). The average molecular weight is 453 g/mol. The molecule has 7 nitrogen and oxygen atoms in total. The van der Waals surface area contributed by atoms with Crippen LogP contribution in [-0.2, 0) is 6.42 Å². The third-order valence-corrected chi connectivity index (χ3v) is 5.99. The normalized spacial score (nSPS) is 15.0. The van der Waals surface area contributed by atoms with E-state index in [-0.39, 0.29) is 11.3 Å². The highest BCUT2D eigenvalue weighted by atomic mass is 35.5. The van der Waals surface area contributed by atoms with E-state index in [2.05, 4.69) is 16.8 Å². The van der Waals surface area contributed by atoms with Gasteiger partial charge in [-0.3, -0.25) is 0 Å². The Kier molecular flexibility index (Phi) is 4.86. The second kappa shape index (κ2) is 7.60. The van der Waals surface area contributed by atoms with Crippen molar-refractivity contribution in [2.75, 3.05) is 21.3 Å². The van der Waals surface area contributed by atoms with Gasteiger partial charge >= 0.3 is 0 Å². The van der Waals surface area contributed by atoms with Gasteiger partial charge in [-0.15, -0.1) is 10.2 Å². The molecule has 1 aliphatic rings. The van der Waals surface area contributed by atoms with Crippen LogP contribution < -0.4 is 18.9 Å². The first-order chi connectivity index (χ1) is 15.5. The number of benzene rings is 2. The monoisotopic (exact) mass is 452 g/mol. The molecule has 0 bridgehead atoms. The minimum Gasteiger partial charge on any atom is -0.496 e. The number of fused-ring (bicyclic) bond motifs is 4. The first-order valence-corrected chi connectivity index (χ1v) is 10.4. The predicted octanol–water partition coefficient (Wildman–Crippen LogP) is 5.60. The minimum atomic E-state index is -0.0862. The molecule has 164 valence electrons. The topological polar surface area (TPSA) is 75.8 Å². The highest BCUT2D eigenvalue weighted by molar-refractivity contribution is 6.35. The van der Waals surface area contributed by atoms with Gasteiger partial charge in [0.15, 0.2) is 22.2 Å². The van der Waals surface area contributed by atoms with Crippen molar-refractivity contribution in [2.24, 2.45) is 0 Å². The van der Waals surface area contributed by atoms with Gasteiger partial charge in [-0.1, -0.05) is 18.2 Å². The Hall–Kier alpha value is -3.45. The van der Waals surface area contributed by atoms with Crippen molar-refractivity contribution < 1.29 is 23.4 Å². The van der Waals surface area contributed by atoms with Crippen molar-refractivity contribution in [3.8, 4) is 34.3 Å². The molecule has 8 heteroatoms. The van der Waals surface area contributed by atoms with E-state index in [9.17, 15) is 0 Å². The van der Waals surface area contributed by atoms with Crippen LogP contribution in [0.2, 0.25) is 5.15 Å². The lowest BCUT2D eigenvalue weighted by Gasteiger charge is -2.12. The highest BCUT2D eigenvalue weighted by Crippen LogP contribution is 2.47. The second-order valence-corrected chi connectivity index (χ2v) is 7.99. The lowest BCUT2D eigenvalue weighted by Crippen LogP contribution is -2.13. The number of hydrogen-bond acceptors (Lipinski definition) is 7. The van der Waals surface area contributed by atoms with Crippen LogP contribution in [0.4, 0.5) is 0 Å². The van der Waals surface area contributed by atoms with E-state index in [1.165, 1.54) is 0 Å². The van der Waals surface area contributed by atoms with Crippen molar-refractivity contribution in [2.45, 2.75) is 19.4 Å². The van der Waals surface area contributed by atoms with Crippen LogP contribution in [0.15, 0.2) is 40.8 Å². The molecule has 32 heavy (non-hydrogen) atoms. The third kappa shape index (κ3) is 2.96. The molecule has 2 aromatic heterocycles. The number of nitrogens with zero attached hydrogens (tertiary/aromatic N) is 2. The maximum absolute atomic E-state index is 6.37. The number of hydrogen-bond donors (Lipinski definition) is 0. The van der Waals surface area contributed by atoms with E-state index in [0.29, 0.717) is 40.5 Å². The molecule has 0 aliphatic carbocycles. The Labute approximate surface area is 189 Å². The molecular weight excluding hydrogens is 432 g/mol. The van der Waals surface area contributed by atoms with Crippen LogP contribution in [0.25, 0.3) is 33.2 Å². The molecule has 0 unspecified atom stereocenters. The summed E-state index contributed by atoms with van der Waals surface area (Å²) < 4.78 is 28.8. The first-order valence-electron chi connectivity index (χ1n) is 9.99. The van der Waals surface area contributed by atoms with Gasteiger partial charge in [0, 0.05) is 29.0 Å². The van der Waals surface area contributed by atoms with Crippen LogP contribution >= 0.6 is 11.6 Å². The molecule has 0 fully saturated rings. The molecule has 4 aromatic rings. The van der Waals surface area contributed by atoms with Gasteiger partial charge in [-0.25, -0.2) is 0 Å². The molecule has 0 spiro atoms. The summed E-state index contributed by atoms with van der Waals surface area (Å²) in [5, 5.41) is 10.2. The summed E-state index contributed by atoms with van der Waals surface area (Å²) in [5.74, 6) is 2.58. The van der Waals surface area contributed by atoms with Gasteiger partial charge in [-0.05, 0) is 30.7 Å². The smallest absolute Gasteiger partial charge is 0.195 e. The Morgan fingerprint density at radius 3 is 2.53 bits per heavy atom. The maximum Gasteiger partial charge on any atom is 0.195 e. The van der Waals surface area contributed by atoms with Crippen LogP contribution in [0.5, 0.6) is 23.0 Å². The number of methoxy groups -OCH3 is 3. The van der Waals surface area contributed by atoms with Crippen molar-refractivity contribution in [1.82, 2.24) is 10.2 Å². The molecule has 0 amide bonds. The van der Waals surface area contributed by atoms with Crippen molar-refractivity contribution >= 4 is 33.5 Å². The Morgan fingerprint density at radius 2 is 1.84 bits per heavy atom. The molecule has 1 atom stereocenters. The van der Waals surface area contributed by atoms with E-state index in [0.717, 1.165) is 33.2 Å². The predicted molar refractivity (Wildman–Crippen MR) is 122 cm³/mol. The van der Waals surface area contributed by atoms with E-state index in [4.69, 9.17) is 35.0 Å². The molecule has 0 radical (unpaired) electrons. The fourth-order valence-electron chi connectivity index (χ4n) is 4.17. The van der Waals surface area contributed by atoms with Crippen LogP contribution in [-0.4, -0.2) is 37.6 Å². The number of ether oxygens (including phenoxy) is 4. The van der Waals surface area contributed by atoms with Gasteiger partial charge in [0.25, 0.3) is 0 Å². The summed E-state index contributed by atoms with van der Waals surface area (Å²) in [4.78, 5) is 0. The SMILES string of the molecule is C=C(C)[C@H]1Cc2c(ccc(-c3nnc(Cl)c4oc5cc(OC)c(OC)cc5c34)c2OC)O1. The van der Waals surface area contributed by atoms with E-state index in [1.807, 2.05) is 25.1 Å². The molecular formula is C24H21ClN2O5. The zero-order valence-electron chi connectivity index (χ0n) is 18.1. The molecule has 0 saturated carbocycles. The zero-order valence-corrected chi connectivity index (χ0v) is 18.9. The van der Waals surface area contributed by atoms with E-state index >= 15 is 0 Å². The van der Waals surface area contributed by atoms with E-state index < -0.39 is 0 Å². The fraction of sp³-hybridized carbons (Fsp3) is 0.250. The zero-order chi connectivity index (χ0) is 22.6. The summed E-state index contributed by atoms with van der Waals surface area (Å²) in [6.07, 6.45) is 0.583.